The number of carbonyl (C=O) groups is 2. The number of nitrogens with zero attached hydrogens (tertiary/aromatic N) is 1. The van der Waals surface area contributed by atoms with Gasteiger partial charge in [0.2, 0.25) is 0 Å². The number of hydrogen-bond donors (Lipinski definition) is 1. The number of ketones is 1. The van der Waals surface area contributed by atoms with Crippen LogP contribution in [0.15, 0.2) is 24.3 Å². The van der Waals surface area contributed by atoms with Crippen LogP contribution in [0.2, 0.25) is 0 Å². The number of hydrogen-bond acceptors (Lipinski definition) is 4. The molecule has 0 saturated carbocycles. The van der Waals surface area contributed by atoms with Gasteiger partial charge < -0.3 is 9.84 Å². The predicted octanol–water partition coefficient (Wildman–Crippen LogP) is 1.17. The summed E-state index contributed by atoms with van der Waals surface area (Å²) in [6.45, 7) is 1.50. The quantitative estimate of drug-likeness (QED) is 0.826. The van der Waals surface area contributed by atoms with Crippen LogP contribution in [0.25, 0.3) is 0 Å². The van der Waals surface area contributed by atoms with Crippen LogP contribution in [0.4, 0.5) is 0 Å². The van der Waals surface area contributed by atoms with Gasteiger partial charge >= 0.3 is 5.97 Å². The summed E-state index contributed by atoms with van der Waals surface area (Å²) in [7, 11) is 1.62. The summed E-state index contributed by atoms with van der Waals surface area (Å²) < 4.78 is 5.08. The molecule has 1 N–H and O–H groups in total. The second-order valence-corrected chi connectivity index (χ2v) is 4.70. The van der Waals surface area contributed by atoms with Crippen molar-refractivity contribution in [3.63, 3.8) is 0 Å². The molecular formula is C14H17NO4. The maximum Gasteiger partial charge on any atom is 0.314 e. The highest BCUT2D eigenvalue weighted by Gasteiger charge is 2.32. The Hall–Kier alpha value is -1.88. The van der Waals surface area contributed by atoms with Crippen LogP contribution in [0.3, 0.4) is 0 Å². The van der Waals surface area contributed by atoms with Gasteiger partial charge in [-0.2, -0.15) is 0 Å². The van der Waals surface area contributed by atoms with E-state index in [9.17, 15) is 9.59 Å². The molecule has 5 nitrogen and oxygen atoms in total. The first kappa shape index (κ1) is 13.5. The van der Waals surface area contributed by atoms with Gasteiger partial charge in [-0.15, -0.1) is 0 Å². The number of aliphatic carboxylic acids is 1. The number of methoxy groups -OCH3 is 1. The largest absolute Gasteiger partial charge is 0.497 e. The number of ether oxygens (including phenoxy) is 1. The number of Topliss-reactive ketones (excluding diaryl/α,β-unsaturated/α-hetero) is 1. The van der Waals surface area contributed by atoms with E-state index in [1.165, 1.54) is 0 Å². The van der Waals surface area contributed by atoms with Gasteiger partial charge in [0, 0.05) is 13.1 Å². The third-order valence-electron chi connectivity index (χ3n) is 3.37. The highest BCUT2D eigenvalue weighted by atomic mass is 16.5. The molecule has 19 heavy (non-hydrogen) atoms. The van der Waals surface area contributed by atoms with E-state index < -0.39 is 11.9 Å². The normalized spacial score (nSPS) is 20.3. The average molecular weight is 263 g/mol. The van der Waals surface area contributed by atoms with Crippen molar-refractivity contribution in [1.82, 2.24) is 4.90 Å². The van der Waals surface area contributed by atoms with Gasteiger partial charge in [-0.1, -0.05) is 12.1 Å². The molecule has 1 saturated heterocycles. The Morgan fingerprint density at radius 2 is 2.11 bits per heavy atom. The highest BCUT2D eigenvalue weighted by molar-refractivity contribution is 5.99. The van der Waals surface area contributed by atoms with Crippen molar-refractivity contribution < 1.29 is 19.4 Å². The third kappa shape index (κ3) is 3.32. The zero-order valence-corrected chi connectivity index (χ0v) is 10.8. The lowest BCUT2D eigenvalue weighted by atomic mass is 9.95. The smallest absolute Gasteiger partial charge is 0.314 e. The molecule has 5 heteroatoms. The molecule has 1 aliphatic rings. The first-order chi connectivity index (χ1) is 9.10. The van der Waals surface area contributed by atoms with Gasteiger partial charge in [-0.3, -0.25) is 14.5 Å². The van der Waals surface area contributed by atoms with Gasteiger partial charge in [0.05, 0.1) is 13.7 Å². The Bertz CT molecular complexity index is 469. The summed E-state index contributed by atoms with van der Waals surface area (Å²) in [6.07, 6.45) is 0.393. The van der Waals surface area contributed by atoms with Crippen molar-refractivity contribution >= 4 is 11.8 Å². The maximum atomic E-state index is 11.7. The van der Waals surface area contributed by atoms with Crippen LogP contribution in [-0.2, 0) is 16.1 Å². The second-order valence-electron chi connectivity index (χ2n) is 4.70. The zero-order valence-electron chi connectivity index (χ0n) is 10.8. The van der Waals surface area contributed by atoms with Crippen LogP contribution in [-0.4, -0.2) is 42.0 Å². The SMILES string of the molecule is COc1ccc(CN2CCC(C(=O)O)C(=O)C2)cc1. The Kier molecular flexibility index (Phi) is 4.16. The summed E-state index contributed by atoms with van der Waals surface area (Å²) in [4.78, 5) is 24.5. The standard InChI is InChI=1S/C14H17NO4/c1-19-11-4-2-10(3-5-11)8-15-7-6-12(14(17)18)13(16)9-15/h2-5,12H,6-9H2,1H3,(H,17,18). The number of rotatable bonds is 4. The number of carboxylic acids is 1. The van der Waals surface area contributed by atoms with Crippen LogP contribution < -0.4 is 4.74 Å². The Morgan fingerprint density at radius 3 is 2.63 bits per heavy atom. The molecule has 1 unspecified atom stereocenters. The number of benzene rings is 1. The first-order valence-corrected chi connectivity index (χ1v) is 6.21. The summed E-state index contributed by atoms with van der Waals surface area (Å²) in [5, 5.41) is 8.89. The molecule has 1 heterocycles. The lowest BCUT2D eigenvalue weighted by molar-refractivity contribution is -0.148. The van der Waals surface area contributed by atoms with Gasteiger partial charge in [-0.05, 0) is 24.1 Å². The van der Waals surface area contributed by atoms with Crippen molar-refractivity contribution in [3.8, 4) is 5.75 Å². The third-order valence-corrected chi connectivity index (χ3v) is 3.37. The average Bonchev–Trinajstić information content (AvgIpc) is 2.39. The Morgan fingerprint density at radius 1 is 1.42 bits per heavy atom. The van der Waals surface area contributed by atoms with E-state index in [1.54, 1.807) is 7.11 Å². The Balaban J connectivity index is 1.94. The van der Waals surface area contributed by atoms with Gasteiger partial charge in [0.15, 0.2) is 5.78 Å². The van der Waals surface area contributed by atoms with Crippen molar-refractivity contribution in [2.24, 2.45) is 5.92 Å². The first-order valence-electron chi connectivity index (χ1n) is 6.21. The van der Waals surface area contributed by atoms with Crippen LogP contribution >= 0.6 is 0 Å². The van der Waals surface area contributed by atoms with E-state index in [-0.39, 0.29) is 12.3 Å². The van der Waals surface area contributed by atoms with E-state index in [0.29, 0.717) is 19.5 Å². The van der Waals surface area contributed by atoms with Crippen molar-refractivity contribution in [2.45, 2.75) is 13.0 Å². The summed E-state index contributed by atoms with van der Waals surface area (Å²) in [6, 6.07) is 7.65. The van der Waals surface area contributed by atoms with E-state index in [2.05, 4.69) is 0 Å². The molecule has 0 aromatic heterocycles. The molecule has 0 radical (unpaired) electrons. The molecule has 0 amide bonds. The number of piperidine rings is 1. The molecular weight excluding hydrogens is 246 g/mol. The van der Waals surface area contributed by atoms with Gasteiger partial charge in [0.1, 0.15) is 11.7 Å². The molecule has 1 aromatic carbocycles. The van der Waals surface area contributed by atoms with Gasteiger partial charge in [-0.25, -0.2) is 0 Å². The summed E-state index contributed by atoms with van der Waals surface area (Å²) in [5.74, 6) is -1.24. The van der Waals surface area contributed by atoms with E-state index in [1.807, 2.05) is 29.2 Å². The molecule has 102 valence electrons. The van der Waals surface area contributed by atoms with E-state index >= 15 is 0 Å². The van der Waals surface area contributed by atoms with Crippen LogP contribution in [0, 0.1) is 5.92 Å². The van der Waals surface area contributed by atoms with Gasteiger partial charge in [0.25, 0.3) is 0 Å². The molecule has 0 aliphatic carbocycles. The number of carboxylic acid groups (broad SMARTS) is 1. The van der Waals surface area contributed by atoms with Crippen molar-refractivity contribution in [1.29, 1.82) is 0 Å². The number of likely N-dealkylation sites (tertiary alicyclic amines) is 1. The maximum absolute atomic E-state index is 11.7. The second kappa shape index (κ2) is 5.84. The van der Waals surface area contributed by atoms with Crippen LogP contribution in [0.5, 0.6) is 5.75 Å². The molecule has 1 aromatic rings. The fourth-order valence-corrected chi connectivity index (χ4v) is 2.27. The summed E-state index contributed by atoms with van der Waals surface area (Å²) in [5.41, 5.74) is 1.09. The fourth-order valence-electron chi connectivity index (χ4n) is 2.27. The number of carbonyl (C=O) groups excluding carboxylic acids is 1. The van der Waals surface area contributed by atoms with E-state index in [4.69, 9.17) is 9.84 Å². The lowest BCUT2D eigenvalue weighted by Gasteiger charge is -2.28. The zero-order chi connectivity index (χ0) is 13.8. The minimum atomic E-state index is -1.01. The molecule has 2 rings (SSSR count). The molecule has 1 atom stereocenters. The van der Waals surface area contributed by atoms with E-state index in [0.717, 1.165) is 11.3 Å². The van der Waals surface area contributed by atoms with Crippen molar-refractivity contribution in [2.75, 3.05) is 20.2 Å². The predicted molar refractivity (Wildman–Crippen MR) is 69.0 cm³/mol. The molecule has 0 spiro atoms. The van der Waals surface area contributed by atoms with Crippen LogP contribution in [0.1, 0.15) is 12.0 Å². The molecule has 1 aliphatic heterocycles. The topological polar surface area (TPSA) is 66.8 Å². The molecule has 1 fully saturated rings. The fraction of sp³-hybridized carbons (Fsp3) is 0.429. The highest BCUT2D eigenvalue weighted by Crippen LogP contribution is 2.18. The lowest BCUT2D eigenvalue weighted by Crippen LogP contribution is -2.43. The van der Waals surface area contributed by atoms with Crippen molar-refractivity contribution in [3.05, 3.63) is 29.8 Å². The summed E-state index contributed by atoms with van der Waals surface area (Å²) >= 11 is 0. The minimum Gasteiger partial charge on any atom is -0.497 e. The molecule has 0 bridgehead atoms. The Labute approximate surface area is 111 Å². The monoisotopic (exact) mass is 263 g/mol. The minimum absolute atomic E-state index is 0.202.